The minimum atomic E-state index is -0.612. The van der Waals surface area contributed by atoms with Gasteiger partial charge in [-0.15, -0.1) is 0 Å². The lowest BCUT2D eigenvalue weighted by molar-refractivity contribution is -0.151. The number of carbonyl (C=O) groups excluding carboxylic acids is 1. The van der Waals surface area contributed by atoms with Crippen molar-refractivity contribution in [2.24, 2.45) is 0 Å². The molecule has 0 aromatic carbocycles. The third kappa shape index (κ3) is 4.43. The van der Waals surface area contributed by atoms with Crippen molar-refractivity contribution in [3.63, 3.8) is 0 Å². The van der Waals surface area contributed by atoms with Crippen LogP contribution in [0.25, 0.3) is 0 Å². The number of ether oxygens (including phenoxy) is 2. The van der Waals surface area contributed by atoms with Crippen molar-refractivity contribution in [2.75, 3.05) is 39.5 Å². The molecule has 1 aliphatic rings. The lowest BCUT2D eigenvalue weighted by Gasteiger charge is -2.43. The van der Waals surface area contributed by atoms with Crippen molar-refractivity contribution in [2.45, 2.75) is 52.1 Å². The first-order valence-electron chi connectivity index (χ1n) is 7.61. The first kappa shape index (κ1) is 17.4. The summed E-state index contributed by atoms with van der Waals surface area (Å²) in [5, 5.41) is 3.28. The summed E-state index contributed by atoms with van der Waals surface area (Å²) in [6.07, 6.45) is 0.739. The molecule has 1 atom stereocenters. The first-order chi connectivity index (χ1) is 9.35. The van der Waals surface area contributed by atoms with Crippen LogP contribution in [0.1, 0.15) is 41.0 Å². The molecule has 5 heteroatoms. The van der Waals surface area contributed by atoms with Crippen molar-refractivity contribution >= 4 is 5.97 Å². The summed E-state index contributed by atoms with van der Waals surface area (Å²) in [5.41, 5.74) is -0.584. The number of rotatable bonds is 7. The summed E-state index contributed by atoms with van der Waals surface area (Å²) in [6, 6.07) is 0. The van der Waals surface area contributed by atoms with Crippen molar-refractivity contribution in [1.29, 1.82) is 0 Å². The summed E-state index contributed by atoms with van der Waals surface area (Å²) >= 11 is 0. The van der Waals surface area contributed by atoms with Gasteiger partial charge in [-0.2, -0.15) is 0 Å². The molecule has 0 saturated carbocycles. The Morgan fingerprint density at radius 2 is 2.15 bits per heavy atom. The molecule has 0 amide bonds. The lowest BCUT2D eigenvalue weighted by Crippen LogP contribution is -2.57. The Morgan fingerprint density at radius 1 is 1.45 bits per heavy atom. The molecule has 0 spiro atoms. The topological polar surface area (TPSA) is 50.8 Å². The lowest BCUT2D eigenvalue weighted by atomic mass is 9.95. The van der Waals surface area contributed by atoms with E-state index < -0.39 is 5.54 Å². The normalized spacial score (nSPS) is 22.2. The molecule has 1 heterocycles. The highest BCUT2D eigenvalue weighted by Gasteiger charge is 2.37. The Labute approximate surface area is 123 Å². The Bertz CT molecular complexity index is 320. The van der Waals surface area contributed by atoms with Gasteiger partial charge >= 0.3 is 5.97 Å². The molecule has 5 nitrogen and oxygen atoms in total. The van der Waals surface area contributed by atoms with Crippen LogP contribution >= 0.6 is 0 Å². The van der Waals surface area contributed by atoms with Gasteiger partial charge in [0.1, 0.15) is 5.54 Å². The Balaban J connectivity index is 2.64. The maximum Gasteiger partial charge on any atom is 0.326 e. The standard InChI is InChI=1S/C15H30N2O3/c1-6-16-15(5,13(18)20-7-2)8-9-17-10-11-19-12-14(17,3)4/h16H,6-12H2,1-5H3. The SMILES string of the molecule is CCNC(C)(CCN1CCOCC1(C)C)C(=O)OCC. The van der Waals surface area contributed by atoms with Crippen LogP contribution in [0, 0.1) is 0 Å². The van der Waals surface area contributed by atoms with Crippen LogP contribution in [-0.2, 0) is 14.3 Å². The average Bonchev–Trinajstić information content (AvgIpc) is 2.37. The van der Waals surface area contributed by atoms with Crippen LogP contribution in [0.3, 0.4) is 0 Å². The second kappa shape index (κ2) is 7.38. The van der Waals surface area contributed by atoms with Crippen LogP contribution < -0.4 is 5.32 Å². The van der Waals surface area contributed by atoms with Crippen LogP contribution in [0.4, 0.5) is 0 Å². The predicted octanol–water partition coefficient (Wildman–Crippen LogP) is 1.42. The molecule has 1 fully saturated rings. The zero-order valence-corrected chi connectivity index (χ0v) is 13.6. The van der Waals surface area contributed by atoms with Gasteiger partial charge in [-0.3, -0.25) is 9.69 Å². The van der Waals surface area contributed by atoms with E-state index in [0.717, 1.165) is 39.3 Å². The Morgan fingerprint density at radius 3 is 2.70 bits per heavy atom. The molecule has 1 saturated heterocycles. The predicted molar refractivity (Wildman–Crippen MR) is 79.8 cm³/mol. The second-order valence-corrected chi connectivity index (χ2v) is 6.18. The van der Waals surface area contributed by atoms with E-state index in [-0.39, 0.29) is 11.5 Å². The Hall–Kier alpha value is -0.650. The Kier molecular flexibility index (Phi) is 6.43. The van der Waals surface area contributed by atoms with Gasteiger partial charge in [0, 0.05) is 18.6 Å². The van der Waals surface area contributed by atoms with Crippen molar-refractivity contribution in [3.8, 4) is 0 Å². The van der Waals surface area contributed by atoms with Crippen LogP contribution in [-0.4, -0.2) is 61.4 Å². The molecule has 20 heavy (non-hydrogen) atoms. The zero-order valence-electron chi connectivity index (χ0n) is 13.6. The molecule has 1 aliphatic heterocycles. The summed E-state index contributed by atoms with van der Waals surface area (Å²) in [4.78, 5) is 14.6. The highest BCUT2D eigenvalue weighted by atomic mass is 16.5. The first-order valence-corrected chi connectivity index (χ1v) is 7.61. The monoisotopic (exact) mass is 286 g/mol. The fourth-order valence-corrected chi connectivity index (χ4v) is 2.61. The highest BCUT2D eigenvalue weighted by Crippen LogP contribution is 2.22. The molecule has 0 bridgehead atoms. The zero-order chi connectivity index (χ0) is 15.2. The maximum atomic E-state index is 12.2. The number of hydrogen-bond acceptors (Lipinski definition) is 5. The molecular formula is C15H30N2O3. The summed E-state index contributed by atoms with van der Waals surface area (Å²) < 4.78 is 10.7. The molecule has 0 aliphatic carbocycles. The van der Waals surface area contributed by atoms with E-state index >= 15 is 0 Å². The minimum Gasteiger partial charge on any atom is -0.465 e. The smallest absolute Gasteiger partial charge is 0.326 e. The van der Waals surface area contributed by atoms with Gasteiger partial charge in [-0.1, -0.05) is 6.92 Å². The molecular weight excluding hydrogens is 256 g/mol. The van der Waals surface area contributed by atoms with E-state index in [1.807, 2.05) is 20.8 Å². The highest BCUT2D eigenvalue weighted by molar-refractivity contribution is 5.80. The second-order valence-electron chi connectivity index (χ2n) is 6.18. The number of morpholine rings is 1. The third-order valence-corrected chi connectivity index (χ3v) is 3.99. The van der Waals surface area contributed by atoms with Crippen LogP contribution in [0.15, 0.2) is 0 Å². The van der Waals surface area contributed by atoms with Gasteiger partial charge < -0.3 is 14.8 Å². The number of carbonyl (C=O) groups is 1. The molecule has 0 radical (unpaired) electrons. The molecule has 1 rings (SSSR count). The fraction of sp³-hybridized carbons (Fsp3) is 0.933. The van der Waals surface area contributed by atoms with Crippen molar-refractivity contribution in [3.05, 3.63) is 0 Å². The number of nitrogens with one attached hydrogen (secondary N) is 1. The fourth-order valence-electron chi connectivity index (χ4n) is 2.61. The van der Waals surface area contributed by atoms with E-state index in [4.69, 9.17) is 9.47 Å². The molecule has 1 N–H and O–H groups in total. The number of likely N-dealkylation sites (N-methyl/N-ethyl adjacent to an activating group) is 1. The molecule has 118 valence electrons. The molecule has 0 aromatic rings. The van der Waals surface area contributed by atoms with Gasteiger partial charge in [0.15, 0.2) is 0 Å². The van der Waals surface area contributed by atoms with E-state index in [1.165, 1.54) is 0 Å². The largest absolute Gasteiger partial charge is 0.465 e. The van der Waals surface area contributed by atoms with Crippen LogP contribution in [0.5, 0.6) is 0 Å². The number of esters is 1. The minimum absolute atomic E-state index is 0.0278. The van der Waals surface area contributed by atoms with E-state index in [9.17, 15) is 4.79 Å². The summed E-state index contributed by atoms with van der Waals surface area (Å²) in [6.45, 7) is 14.6. The van der Waals surface area contributed by atoms with E-state index in [2.05, 4.69) is 24.1 Å². The third-order valence-electron chi connectivity index (χ3n) is 3.99. The summed E-state index contributed by atoms with van der Waals surface area (Å²) in [5.74, 6) is -0.159. The van der Waals surface area contributed by atoms with Gasteiger partial charge in [-0.25, -0.2) is 0 Å². The van der Waals surface area contributed by atoms with Crippen molar-refractivity contribution < 1.29 is 14.3 Å². The molecule has 0 aromatic heterocycles. The van der Waals surface area contributed by atoms with Crippen LogP contribution in [0.2, 0.25) is 0 Å². The number of nitrogens with zero attached hydrogens (tertiary/aromatic N) is 1. The summed E-state index contributed by atoms with van der Waals surface area (Å²) in [7, 11) is 0. The molecule has 1 unspecified atom stereocenters. The van der Waals surface area contributed by atoms with E-state index in [1.54, 1.807) is 0 Å². The van der Waals surface area contributed by atoms with Gasteiger partial charge in [0.2, 0.25) is 0 Å². The van der Waals surface area contributed by atoms with E-state index in [0.29, 0.717) is 6.61 Å². The van der Waals surface area contributed by atoms with Crippen molar-refractivity contribution in [1.82, 2.24) is 10.2 Å². The van der Waals surface area contributed by atoms with Gasteiger partial charge in [0.05, 0.1) is 19.8 Å². The maximum absolute atomic E-state index is 12.2. The quantitative estimate of drug-likeness (QED) is 0.717. The number of hydrogen-bond donors (Lipinski definition) is 1. The van der Waals surface area contributed by atoms with Gasteiger partial charge in [0.25, 0.3) is 0 Å². The van der Waals surface area contributed by atoms with Gasteiger partial charge in [-0.05, 0) is 40.7 Å². The average molecular weight is 286 g/mol.